The highest BCUT2D eigenvalue weighted by molar-refractivity contribution is 6.02. The first-order valence-corrected chi connectivity index (χ1v) is 8.37. The van der Waals surface area contributed by atoms with Crippen LogP contribution >= 0.6 is 0 Å². The predicted molar refractivity (Wildman–Crippen MR) is 96.8 cm³/mol. The van der Waals surface area contributed by atoms with E-state index < -0.39 is 6.10 Å². The standard InChI is InChI=1S/C20H17N3O2/c24-16-10-22-20(25)19-18(12-6-2-4-8-15(12)23-19)17(16)13-9-21-14-7-3-1-5-11(13)14/h1-9,16-17,21,23-24H,10H2,(H,22,25)/t16-,17+/m0/s1. The first kappa shape index (κ1) is 14.3. The summed E-state index contributed by atoms with van der Waals surface area (Å²) in [7, 11) is 0. The Kier molecular flexibility index (Phi) is 2.99. The molecule has 2 aromatic carbocycles. The second-order valence-electron chi connectivity index (χ2n) is 6.50. The molecule has 2 atom stereocenters. The van der Waals surface area contributed by atoms with E-state index in [-0.39, 0.29) is 18.4 Å². The van der Waals surface area contributed by atoms with Gasteiger partial charge >= 0.3 is 0 Å². The van der Waals surface area contributed by atoms with Crippen molar-refractivity contribution in [1.82, 2.24) is 15.3 Å². The molecular formula is C20H17N3O2. The predicted octanol–water partition coefficient (Wildman–Crippen LogP) is 2.89. The zero-order valence-corrected chi connectivity index (χ0v) is 13.4. The van der Waals surface area contributed by atoms with Gasteiger partial charge in [-0.05, 0) is 17.7 Å². The smallest absolute Gasteiger partial charge is 0.268 e. The van der Waals surface area contributed by atoms with Crippen molar-refractivity contribution < 1.29 is 9.90 Å². The van der Waals surface area contributed by atoms with E-state index in [0.29, 0.717) is 5.69 Å². The largest absolute Gasteiger partial charge is 0.390 e. The molecule has 0 saturated carbocycles. The van der Waals surface area contributed by atoms with E-state index in [2.05, 4.69) is 15.3 Å². The number of aromatic amines is 2. The monoisotopic (exact) mass is 331 g/mol. The lowest BCUT2D eigenvalue weighted by atomic mass is 9.85. The lowest BCUT2D eigenvalue weighted by molar-refractivity contribution is 0.0922. The number of aromatic nitrogens is 2. The van der Waals surface area contributed by atoms with Crippen LogP contribution in [0.5, 0.6) is 0 Å². The molecule has 5 heteroatoms. The fourth-order valence-electron chi connectivity index (χ4n) is 3.98. The number of amides is 1. The summed E-state index contributed by atoms with van der Waals surface area (Å²) in [5.41, 5.74) is 4.33. The van der Waals surface area contributed by atoms with Gasteiger partial charge in [0.05, 0.1) is 6.10 Å². The molecule has 1 aliphatic rings. The molecule has 5 rings (SSSR count). The topological polar surface area (TPSA) is 80.9 Å². The molecular weight excluding hydrogens is 314 g/mol. The number of para-hydroxylation sites is 2. The van der Waals surface area contributed by atoms with Crippen molar-refractivity contribution in [2.24, 2.45) is 0 Å². The molecule has 124 valence electrons. The van der Waals surface area contributed by atoms with E-state index in [1.165, 1.54) is 0 Å². The van der Waals surface area contributed by atoms with E-state index in [0.717, 1.165) is 32.9 Å². The summed E-state index contributed by atoms with van der Waals surface area (Å²) in [5, 5.41) is 15.7. The van der Waals surface area contributed by atoms with Gasteiger partial charge in [-0.25, -0.2) is 0 Å². The highest BCUT2D eigenvalue weighted by Gasteiger charge is 2.35. The molecule has 5 nitrogen and oxygen atoms in total. The Morgan fingerprint density at radius 2 is 1.68 bits per heavy atom. The Labute approximate surface area is 143 Å². The van der Waals surface area contributed by atoms with Gasteiger partial charge in [-0.1, -0.05) is 36.4 Å². The van der Waals surface area contributed by atoms with Crippen LogP contribution in [0.15, 0.2) is 54.7 Å². The SMILES string of the molecule is O=C1NC[C@H](O)[C@@H](c2c[nH]c3ccccc23)c2c1[nH]c1ccccc21. The number of aliphatic hydroxyl groups excluding tert-OH is 1. The van der Waals surface area contributed by atoms with Crippen LogP contribution in [0.3, 0.4) is 0 Å². The molecule has 0 fully saturated rings. The van der Waals surface area contributed by atoms with Gasteiger partial charge in [-0.2, -0.15) is 0 Å². The number of H-pyrrole nitrogens is 2. The van der Waals surface area contributed by atoms with Crippen LogP contribution in [0.1, 0.15) is 27.5 Å². The van der Waals surface area contributed by atoms with Crippen molar-refractivity contribution in [1.29, 1.82) is 0 Å². The lowest BCUT2D eigenvalue weighted by Crippen LogP contribution is -2.31. The van der Waals surface area contributed by atoms with Gasteiger partial charge in [0.25, 0.3) is 5.91 Å². The van der Waals surface area contributed by atoms with Gasteiger partial charge in [0.1, 0.15) is 5.69 Å². The number of fused-ring (bicyclic) bond motifs is 4. The van der Waals surface area contributed by atoms with Crippen molar-refractivity contribution in [2.45, 2.75) is 12.0 Å². The van der Waals surface area contributed by atoms with Crippen LogP contribution in [0.2, 0.25) is 0 Å². The maximum absolute atomic E-state index is 12.5. The minimum Gasteiger partial charge on any atom is -0.390 e. The van der Waals surface area contributed by atoms with E-state index in [1.807, 2.05) is 54.7 Å². The Bertz CT molecular complexity index is 1110. The summed E-state index contributed by atoms with van der Waals surface area (Å²) in [5.74, 6) is -0.464. The molecule has 0 spiro atoms. The van der Waals surface area contributed by atoms with Crippen LogP contribution in [-0.4, -0.2) is 33.6 Å². The molecule has 0 saturated heterocycles. The van der Waals surface area contributed by atoms with Gasteiger partial charge in [-0.15, -0.1) is 0 Å². The van der Waals surface area contributed by atoms with Crippen molar-refractivity contribution in [2.75, 3.05) is 6.54 Å². The van der Waals surface area contributed by atoms with Crippen LogP contribution in [0.4, 0.5) is 0 Å². The Morgan fingerprint density at radius 3 is 2.52 bits per heavy atom. The average Bonchev–Trinajstić information content (AvgIpc) is 3.20. The van der Waals surface area contributed by atoms with E-state index >= 15 is 0 Å². The van der Waals surface area contributed by atoms with Crippen molar-refractivity contribution >= 4 is 27.7 Å². The number of rotatable bonds is 1. The Hall–Kier alpha value is -3.05. The molecule has 0 aliphatic carbocycles. The molecule has 4 N–H and O–H groups in total. The maximum Gasteiger partial charge on any atom is 0.268 e. The summed E-state index contributed by atoms with van der Waals surface area (Å²) in [6, 6.07) is 15.9. The van der Waals surface area contributed by atoms with Gasteiger partial charge in [-0.3, -0.25) is 4.79 Å². The lowest BCUT2D eigenvalue weighted by Gasteiger charge is -2.21. The minimum atomic E-state index is -0.705. The summed E-state index contributed by atoms with van der Waals surface area (Å²) in [6.07, 6.45) is 1.24. The van der Waals surface area contributed by atoms with Crippen LogP contribution in [0.25, 0.3) is 21.8 Å². The summed E-state index contributed by atoms with van der Waals surface area (Å²) >= 11 is 0. The molecule has 1 aliphatic heterocycles. The zero-order valence-electron chi connectivity index (χ0n) is 13.4. The van der Waals surface area contributed by atoms with Crippen molar-refractivity contribution in [3.8, 4) is 0 Å². The Balaban J connectivity index is 1.84. The normalized spacial score (nSPS) is 20.4. The van der Waals surface area contributed by atoms with Gasteiger partial charge in [0.2, 0.25) is 0 Å². The third-order valence-corrected chi connectivity index (χ3v) is 5.10. The molecule has 0 unspecified atom stereocenters. The fraction of sp³-hybridized carbons (Fsp3) is 0.150. The highest BCUT2D eigenvalue weighted by atomic mass is 16.3. The molecule has 3 heterocycles. The number of carbonyl (C=O) groups is 1. The summed E-state index contributed by atoms with van der Waals surface area (Å²) in [4.78, 5) is 19.1. The number of hydrogen-bond acceptors (Lipinski definition) is 2. The number of hydrogen-bond donors (Lipinski definition) is 4. The quantitative estimate of drug-likeness (QED) is 0.433. The maximum atomic E-state index is 12.5. The summed E-state index contributed by atoms with van der Waals surface area (Å²) < 4.78 is 0. The van der Waals surface area contributed by atoms with Crippen molar-refractivity contribution in [3.05, 3.63) is 71.5 Å². The number of carbonyl (C=O) groups excluding carboxylic acids is 1. The second-order valence-corrected chi connectivity index (χ2v) is 6.50. The first-order chi connectivity index (χ1) is 12.2. The van der Waals surface area contributed by atoms with E-state index in [1.54, 1.807) is 0 Å². The molecule has 1 amide bonds. The van der Waals surface area contributed by atoms with Gasteiger partial charge in [0.15, 0.2) is 0 Å². The number of benzene rings is 2. The molecule has 0 bridgehead atoms. The van der Waals surface area contributed by atoms with Gasteiger partial charge in [0, 0.05) is 46.0 Å². The second kappa shape index (κ2) is 5.22. The first-order valence-electron chi connectivity index (χ1n) is 8.37. The highest BCUT2D eigenvalue weighted by Crippen LogP contribution is 2.40. The molecule has 2 aromatic heterocycles. The Morgan fingerprint density at radius 1 is 0.960 bits per heavy atom. The number of β-amino-alcohol motifs (C(OH)–C–C–N with tert-alkyl or cyclic N) is 1. The van der Waals surface area contributed by atoms with Gasteiger partial charge < -0.3 is 20.4 Å². The van der Waals surface area contributed by atoms with E-state index in [4.69, 9.17) is 0 Å². The van der Waals surface area contributed by atoms with E-state index in [9.17, 15) is 9.90 Å². The zero-order chi connectivity index (χ0) is 17.0. The molecule has 0 radical (unpaired) electrons. The number of aliphatic hydroxyl groups is 1. The third-order valence-electron chi connectivity index (χ3n) is 5.10. The number of nitrogens with one attached hydrogen (secondary N) is 3. The molecule has 25 heavy (non-hydrogen) atoms. The molecule has 4 aromatic rings. The van der Waals surface area contributed by atoms with Crippen LogP contribution < -0.4 is 5.32 Å². The third kappa shape index (κ3) is 2.03. The fourth-order valence-corrected chi connectivity index (χ4v) is 3.98. The van der Waals surface area contributed by atoms with Crippen LogP contribution in [-0.2, 0) is 0 Å². The average molecular weight is 331 g/mol. The minimum absolute atomic E-state index is 0.174. The van der Waals surface area contributed by atoms with Crippen molar-refractivity contribution in [3.63, 3.8) is 0 Å². The van der Waals surface area contributed by atoms with Crippen LogP contribution in [0, 0.1) is 0 Å². The summed E-state index contributed by atoms with van der Waals surface area (Å²) in [6.45, 7) is 0.222.